The Balaban J connectivity index is 1.36. The summed E-state index contributed by atoms with van der Waals surface area (Å²) in [6.45, 7) is 0. The van der Waals surface area contributed by atoms with E-state index in [0.717, 1.165) is 30.7 Å². The van der Waals surface area contributed by atoms with E-state index in [1.54, 1.807) is 0 Å². The van der Waals surface area contributed by atoms with E-state index in [0.29, 0.717) is 6.42 Å². The summed E-state index contributed by atoms with van der Waals surface area (Å²) in [5.41, 5.74) is 2.63. The zero-order chi connectivity index (χ0) is 18.9. The fraction of sp³-hybridized carbons (Fsp3) is 0.458. The van der Waals surface area contributed by atoms with Crippen LogP contribution in [0, 0.1) is 0 Å². The van der Waals surface area contributed by atoms with Crippen molar-refractivity contribution in [2.24, 2.45) is 0 Å². The van der Waals surface area contributed by atoms with E-state index in [-0.39, 0.29) is 17.9 Å². The molecule has 1 saturated heterocycles. The van der Waals surface area contributed by atoms with Gasteiger partial charge in [0, 0.05) is 6.42 Å². The van der Waals surface area contributed by atoms with Gasteiger partial charge in [0.2, 0.25) is 5.91 Å². The van der Waals surface area contributed by atoms with E-state index in [1.165, 1.54) is 36.8 Å². The third kappa shape index (κ3) is 5.93. The first-order chi connectivity index (χ1) is 13.2. The summed E-state index contributed by atoms with van der Waals surface area (Å²) < 4.78 is 0. The monoisotopic (exact) mass is 365 g/mol. The van der Waals surface area contributed by atoms with Gasteiger partial charge in [0.05, 0.1) is 6.04 Å². The Bertz CT molecular complexity index is 686. The van der Waals surface area contributed by atoms with Crippen molar-refractivity contribution < 1.29 is 10.0 Å². The molecular formula is C24H31NO2. The van der Waals surface area contributed by atoms with Gasteiger partial charge in [0.25, 0.3) is 0 Å². The minimum atomic E-state index is -0.136. The number of hydrogen-bond acceptors (Lipinski definition) is 2. The highest BCUT2D eigenvalue weighted by atomic mass is 16.5. The maximum absolute atomic E-state index is 12.2. The summed E-state index contributed by atoms with van der Waals surface area (Å²) >= 11 is 0. The van der Waals surface area contributed by atoms with Crippen LogP contribution in [-0.4, -0.2) is 22.2 Å². The van der Waals surface area contributed by atoms with Gasteiger partial charge in [-0.2, -0.15) is 0 Å². The largest absolute Gasteiger partial charge is 0.286 e. The molecule has 1 aliphatic heterocycles. The molecule has 0 bridgehead atoms. The Kier molecular flexibility index (Phi) is 7.46. The Labute approximate surface area is 163 Å². The molecule has 2 aromatic rings. The molecule has 0 spiro atoms. The number of carbonyl (C=O) groups excluding carboxylic acids is 1. The molecule has 0 aliphatic carbocycles. The number of hydrogen-bond donors (Lipinski definition) is 1. The number of rotatable bonds is 9. The van der Waals surface area contributed by atoms with Gasteiger partial charge in [-0.25, -0.2) is 5.06 Å². The lowest BCUT2D eigenvalue weighted by molar-refractivity contribution is -0.184. The highest BCUT2D eigenvalue weighted by Crippen LogP contribution is 2.33. The van der Waals surface area contributed by atoms with E-state index in [9.17, 15) is 10.0 Å². The molecule has 1 amide bonds. The number of carbonyl (C=O) groups is 1. The molecule has 2 atom stereocenters. The van der Waals surface area contributed by atoms with Gasteiger partial charge in [-0.3, -0.25) is 10.0 Å². The Morgan fingerprint density at radius 2 is 1.48 bits per heavy atom. The Morgan fingerprint density at radius 3 is 2.22 bits per heavy atom. The van der Waals surface area contributed by atoms with Crippen LogP contribution >= 0.6 is 0 Å². The summed E-state index contributed by atoms with van der Waals surface area (Å²) in [6.07, 6.45) is 9.26. The molecule has 0 saturated carbocycles. The smallest absolute Gasteiger partial charge is 0.246 e. The maximum atomic E-state index is 12.2. The predicted octanol–water partition coefficient (Wildman–Crippen LogP) is 5.73. The molecule has 3 nitrogen and oxygen atoms in total. The molecule has 1 fully saturated rings. The minimum Gasteiger partial charge on any atom is -0.286 e. The van der Waals surface area contributed by atoms with E-state index in [1.807, 2.05) is 18.2 Å². The lowest BCUT2D eigenvalue weighted by Crippen LogP contribution is -2.43. The summed E-state index contributed by atoms with van der Waals surface area (Å²) in [5.74, 6) is 0.0981. The zero-order valence-corrected chi connectivity index (χ0v) is 16.1. The molecule has 2 aromatic carbocycles. The number of amides is 1. The quantitative estimate of drug-likeness (QED) is 0.455. The van der Waals surface area contributed by atoms with Crippen LogP contribution in [0.25, 0.3) is 0 Å². The van der Waals surface area contributed by atoms with Crippen LogP contribution in [0.4, 0.5) is 0 Å². The second kappa shape index (κ2) is 10.3. The topological polar surface area (TPSA) is 40.5 Å². The van der Waals surface area contributed by atoms with E-state index < -0.39 is 0 Å². The molecule has 1 heterocycles. The molecule has 3 rings (SSSR count). The van der Waals surface area contributed by atoms with Gasteiger partial charge in [0.1, 0.15) is 0 Å². The summed E-state index contributed by atoms with van der Waals surface area (Å²) in [7, 11) is 0. The van der Waals surface area contributed by atoms with Crippen molar-refractivity contribution in [2.75, 3.05) is 0 Å². The lowest BCUT2D eigenvalue weighted by Gasteiger charge is -2.35. The fourth-order valence-corrected chi connectivity index (χ4v) is 4.12. The van der Waals surface area contributed by atoms with Crippen LogP contribution in [-0.2, 0) is 11.2 Å². The van der Waals surface area contributed by atoms with Gasteiger partial charge in [-0.15, -0.1) is 0 Å². The molecule has 3 heteroatoms. The molecule has 0 unspecified atom stereocenters. The lowest BCUT2D eigenvalue weighted by atomic mass is 9.84. The number of unbranched alkanes of at least 4 members (excludes halogenated alkanes) is 4. The molecule has 27 heavy (non-hydrogen) atoms. The molecular weight excluding hydrogens is 334 g/mol. The van der Waals surface area contributed by atoms with E-state index in [2.05, 4.69) is 42.5 Å². The number of piperidine rings is 1. The second-order valence-electron chi connectivity index (χ2n) is 7.73. The third-order valence-corrected chi connectivity index (χ3v) is 5.70. The van der Waals surface area contributed by atoms with Crippen LogP contribution in [0.15, 0.2) is 60.7 Å². The number of hydroxylamine groups is 2. The highest BCUT2D eigenvalue weighted by molar-refractivity contribution is 5.77. The van der Waals surface area contributed by atoms with Crippen molar-refractivity contribution in [2.45, 2.75) is 69.7 Å². The van der Waals surface area contributed by atoms with Crippen LogP contribution in [0.3, 0.4) is 0 Å². The average Bonchev–Trinajstić information content (AvgIpc) is 2.71. The van der Waals surface area contributed by atoms with Gasteiger partial charge in [-0.05, 0) is 42.7 Å². The zero-order valence-electron chi connectivity index (χ0n) is 16.1. The Morgan fingerprint density at radius 1 is 0.852 bits per heavy atom. The maximum Gasteiger partial charge on any atom is 0.246 e. The average molecular weight is 366 g/mol. The van der Waals surface area contributed by atoms with Gasteiger partial charge in [-0.1, -0.05) is 86.3 Å². The SMILES string of the molecule is O=C1C[C@@H](c2ccccc2)C[C@H](CCCCCCCc2ccccc2)N1O. The number of aryl methyl sites for hydroxylation is 1. The van der Waals surface area contributed by atoms with Crippen molar-refractivity contribution in [3.8, 4) is 0 Å². The van der Waals surface area contributed by atoms with Crippen molar-refractivity contribution in [1.29, 1.82) is 0 Å². The second-order valence-corrected chi connectivity index (χ2v) is 7.73. The van der Waals surface area contributed by atoms with Crippen molar-refractivity contribution in [3.05, 3.63) is 71.8 Å². The molecule has 0 aromatic heterocycles. The van der Waals surface area contributed by atoms with Crippen LogP contribution in [0.2, 0.25) is 0 Å². The normalized spacial score (nSPS) is 20.0. The highest BCUT2D eigenvalue weighted by Gasteiger charge is 2.33. The standard InChI is InChI=1S/C24H31NO2/c26-24-19-22(21-15-9-5-10-16-21)18-23(25(24)27)17-11-3-1-2-6-12-20-13-7-4-8-14-20/h4-5,7-10,13-16,22-23,27H,1-3,6,11-12,17-19H2/t22-,23-/m0/s1. The minimum absolute atomic E-state index is 0.0409. The summed E-state index contributed by atoms with van der Waals surface area (Å²) in [4.78, 5) is 12.2. The van der Waals surface area contributed by atoms with Crippen LogP contribution in [0.1, 0.15) is 68.4 Å². The first-order valence-electron chi connectivity index (χ1n) is 10.3. The van der Waals surface area contributed by atoms with Gasteiger partial charge >= 0.3 is 0 Å². The fourth-order valence-electron chi connectivity index (χ4n) is 4.12. The van der Waals surface area contributed by atoms with Crippen LogP contribution < -0.4 is 0 Å². The first kappa shape index (κ1) is 19.6. The van der Waals surface area contributed by atoms with E-state index in [4.69, 9.17) is 0 Å². The summed E-state index contributed by atoms with van der Waals surface area (Å²) in [6, 6.07) is 20.8. The van der Waals surface area contributed by atoms with Crippen molar-refractivity contribution in [1.82, 2.24) is 5.06 Å². The predicted molar refractivity (Wildman–Crippen MR) is 109 cm³/mol. The first-order valence-corrected chi connectivity index (χ1v) is 10.3. The van der Waals surface area contributed by atoms with Crippen LogP contribution in [0.5, 0.6) is 0 Å². The molecule has 1 N–H and O–H groups in total. The molecule has 144 valence electrons. The number of nitrogens with zero attached hydrogens (tertiary/aromatic N) is 1. The van der Waals surface area contributed by atoms with Gasteiger partial charge < -0.3 is 0 Å². The summed E-state index contributed by atoms with van der Waals surface area (Å²) in [5, 5.41) is 11.2. The van der Waals surface area contributed by atoms with Gasteiger partial charge in [0.15, 0.2) is 0 Å². The van der Waals surface area contributed by atoms with E-state index >= 15 is 0 Å². The van der Waals surface area contributed by atoms with Crippen molar-refractivity contribution >= 4 is 5.91 Å². The van der Waals surface area contributed by atoms with Crippen molar-refractivity contribution in [3.63, 3.8) is 0 Å². The Hall–Kier alpha value is -2.13. The number of benzene rings is 2. The molecule has 1 aliphatic rings. The molecule has 0 radical (unpaired) electrons. The third-order valence-electron chi connectivity index (χ3n) is 5.70.